The maximum Gasteiger partial charge on any atom is 0.128 e. The van der Waals surface area contributed by atoms with Gasteiger partial charge in [-0.2, -0.15) is 0 Å². The zero-order valence-corrected chi connectivity index (χ0v) is 9.92. The topological polar surface area (TPSA) is 46.2 Å². The number of hydrogen-bond acceptors (Lipinski definition) is 4. The lowest BCUT2D eigenvalue weighted by molar-refractivity contribution is 0.0958. The molecule has 2 N–H and O–H groups in total. The van der Waals surface area contributed by atoms with Crippen LogP contribution < -0.4 is 10.6 Å². The van der Waals surface area contributed by atoms with Crippen molar-refractivity contribution in [1.29, 1.82) is 0 Å². The third-order valence-electron chi connectivity index (χ3n) is 2.69. The predicted octanol–water partition coefficient (Wildman–Crippen LogP) is 1.52. The molecule has 2 rings (SSSR count). The first-order chi connectivity index (χ1) is 7.79. The van der Waals surface area contributed by atoms with E-state index < -0.39 is 0 Å². The molecule has 1 aromatic heterocycles. The highest BCUT2D eigenvalue weighted by atomic mass is 16.5. The molecule has 0 aromatic carbocycles. The smallest absolute Gasteiger partial charge is 0.128 e. The number of pyridine rings is 1. The third kappa shape index (κ3) is 2.71. The summed E-state index contributed by atoms with van der Waals surface area (Å²) in [6, 6.07) is 4.15. The molecular weight excluding hydrogens is 202 g/mol. The highest BCUT2D eigenvalue weighted by Crippen LogP contribution is 2.15. The van der Waals surface area contributed by atoms with Gasteiger partial charge in [-0.05, 0) is 25.5 Å². The van der Waals surface area contributed by atoms with E-state index in [9.17, 15) is 0 Å². The molecule has 0 spiro atoms. The Morgan fingerprint density at radius 2 is 2.44 bits per heavy atom. The largest absolute Gasteiger partial charge is 0.359 e. The maximum atomic E-state index is 5.43. The van der Waals surface area contributed by atoms with Crippen molar-refractivity contribution < 1.29 is 4.74 Å². The Balaban J connectivity index is 2.05. The van der Waals surface area contributed by atoms with Gasteiger partial charge in [-0.1, -0.05) is 6.07 Å². The third-order valence-corrected chi connectivity index (χ3v) is 2.69. The number of nitrogens with one attached hydrogen (secondary N) is 2. The monoisotopic (exact) mass is 221 g/mol. The normalized spacial score (nSPS) is 16.6. The second kappa shape index (κ2) is 5.27. The fourth-order valence-electron chi connectivity index (χ4n) is 1.92. The minimum absolute atomic E-state index is 0.0114. The Morgan fingerprint density at radius 3 is 3.25 bits per heavy atom. The van der Waals surface area contributed by atoms with Crippen LogP contribution in [0.4, 0.5) is 5.82 Å². The van der Waals surface area contributed by atoms with E-state index in [1.54, 1.807) is 0 Å². The van der Waals surface area contributed by atoms with Crippen LogP contribution in [0.25, 0.3) is 0 Å². The minimum atomic E-state index is 0.0114. The Kier molecular flexibility index (Phi) is 3.74. The number of fused-ring (bicyclic) bond motifs is 1. The van der Waals surface area contributed by atoms with E-state index in [1.807, 2.05) is 19.9 Å². The second-order valence-electron chi connectivity index (χ2n) is 3.97. The lowest BCUT2D eigenvalue weighted by Gasteiger charge is -2.19. The quantitative estimate of drug-likeness (QED) is 0.757. The van der Waals surface area contributed by atoms with E-state index in [0.717, 1.165) is 25.3 Å². The Hall–Kier alpha value is -1.13. The van der Waals surface area contributed by atoms with E-state index in [0.29, 0.717) is 6.61 Å². The molecule has 0 aliphatic carbocycles. The van der Waals surface area contributed by atoms with Gasteiger partial charge >= 0.3 is 0 Å². The highest BCUT2D eigenvalue weighted by molar-refractivity contribution is 5.39. The van der Waals surface area contributed by atoms with Gasteiger partial charge in [-0.15, -0.1) is 0 Å². The van der Waals surface area contributed by atoms with Gasteiger partial charge in [0.2, 0.25) is 0 Å². The zero-order valence-electron chi connectivity index (χ0n) is 9.92. The molecule has 0 radical (unpaired) electrons. The molecule has 4 nitrogen and oxygen atoms in total. The van der Waals surface area contributed by atoms with E-state index in [2.05, 4.69) is 21.7 Å². The van der Waals surface area contributed by atoms with Crippen molar-refractivity contribution in [3.05, 3.63) is 23.4 Å². The average molecular weight is 221 g/mol. The lowest BCUT2D eigenvalue weighted by Crippen LogP contribution is -2.25. The summed E-state index contributed by atoms with van der Waals surface area (Å²) < 4.78 is 5.43. The number of nitrogens with zero attached hydrogens (tertiary/aromatic N) is 1. The van der Waals surface area contributed by atoms with Crippen LogP contribution in [0.1, 0.15) is 25.1 Å². The van der Waals surface area contributed by atoms with Crippen LogP contribution in [0.5, 0.6) is 0 Å². The van der Waals surface area contributed by atoms with Crippen LogP contribution in [0.15, 0.2) is 12.1 Å². The molecule has 1 aliphatic heterocycles. The van der Waals surface area contributed by atoms with Crippen LogP contribution in [-0.4, -0.2) is 24.4 Å². The number of hydrogen-bond donors (Lipinski definition) is 2. The van der Waals surface area contributed by atoms with Crippen molar-refractivity contribution in [2.24, 2.45) is 0 Å². The fraction of sp³-hybridized carbons (Fsp3) is 0.583. The molecule has 0 saturated carbocycles. The average Bonchev–Trinajstić information content (AvgIpc) is 2.29. The first kappa shape index (κ1) is 11.4. The first-order valence-electron chi connectivity index (χ1n) is 5.87. The van der Waals surface area contributed by atoms with Gasteiger partial charge in [0.1, 0.15) is 12.0 Å². The van der Waals surface area contributed by atoms with Crippen molar-refractivity contribution >= 4 is 5.82 Å². The van der Waals surface area contributed by atoms with Crippen molar-refractivity contribution in [1.82, 2.24) is 10.3 Å². The molecule has 1 unspecified atom stereocenters. The van der Waals surface area contributed by atoms with Gasteiger partial charge in [0.25, 0.3) is 0 Å². The summed E-state index contributed by atoms with van der Waals surface area (Å²) in [5.74, 6) is 0.904. The standard InChI is InChI=1S/C12H19N3O/c1-3-16-9(2)14-12-5-4-10-8-13-7-6-11(10)15-12/h4-5,9,13H,3,6-8H2,1-2H3,(H,14,15). The van der Waals surface area contributed by atoms with Gasteiger partial charge in [0.05, 0.1) is 0 Å². The molecule has 1 aliphatic rings. The minimum Gasteiger partial charge on any atom is -0.359 e. The van der Waals surface area contributed by atoms with Crippen molar-refractivity contribution in [3.63, 3.8) is 0 Å². The molecule has 0 saturated heterocycles. The SMILES string of the molecule is CCOC(C)Nc1ccc2c(n1)CCNC2. The fourth-order valence-corrected chi connectivity index (χ4v) is 1.92. The molecule has 0 amide bonds. The van der Waals surface area contributed by atoms with Crippen molar-refractivity contribution in [3.8, 4) is 0 Å². The van der Waals surface area contributed by atoms with E-state index >= 15 is 0 Å². The van der Waals surface area contributed by atoms with Crippen molar-refractivity contribution in [2.75, 3.05) is 18.5 Å². The Bertz CT molecular complexity index is 354. The summed E-state index contributed by atoms with van der Waals surface area (Å²) in [6.45, 7) is 6.65. The first-order valence-corrected chi connectivity index (χ1v) is 5.87. The summed E-state index contributed by atoms with van der Waals surface area (Å²) >= 11 is 0. The van der Waals surface area contributed by atoms with Crippen LogP contribution in [0.3, 0.4) is 0 Å². The van der Waals surface area contributed by atoms with Crippen LogP contribution >= 0.6 is 0 Å². The summed E-state index contributed by atoms with van der Waals surface area (Å²) in [7, 11) is 0. The molecule has 0 bridgehead atoms. The Morgan fingerprint density at radius 1 is 1.56 bits per heavy atom. The number of rotatable bonds is 4. The molecule has 2 heterocycles. The van der Waals surface area contributed by atoms with Crippen LogP contribution in [0.2, 0.25) is 0 Å². The summed E-state index contributed by atoms with van der Waals surface area (Å²) in [5.41, 5.74) is 2.51. The van der Waals surface area contributed by atoms with Gasteiger partial charge in [-0.3, -0.25) is 0 Å². The van der Waals surface area contributed by atoms with Crippen LogP contribution in [0, 0.1) is 0 Å². The molecule has 1 atom stereocenters. The number of ether oxygens (including phenoxy) is 1. The molecule has 4 heteroatoms. The summed E-state index contributed by atoms with van der Waals surface area (Å²) in [4.78, 5) is 4.60. The van der Waals surface area contributed by atoms with Gasteiger partial charge in [-0.25, -0.2) is 4.98 Å². The van der Waals surface area contributed by atoms with Crippen molar-refractivity contribution in [2.45, 2.75) is 33.0 Å². The van der Waals surface area contributed by atoms with Gasteiger partial charge in [0.15, 0.2) is 0 Å². The number of aromatic nitrogens is 1. The van der Waals surface area contributed by atoms with E-state index in [-0.39, 0.29) is 6.23 Å². The molecular formula is C12H19N3O. The van der Waals surface area contributed by atoms with E-state index in [4.69, 9.17) is 4.74 Å². The maximum absolute atomic E-state index is 5.43. The summed E-state index contributed by atoms with van der Waals surface area (Å²) in [5, 5.41) is 6.58. The molecule has 0 fully saturated rings. The molecule has 1 aromatic rings. The predicted molar refractivity (Wildman–Crippen MR) is 64.4 cm³/mol. The van der Waals surface area contributed by atoms with E-state index in [1.165, 1.54) is 11.3 Å². The molecule has 88 valence electrons. The number of anilines is 1. The van der Waals surface area contributed by atoms with Crippen LogP contribution in [-0.2, 0) is 17.7 Å². The molecule has 16 heavy (non-hydrogen) atoms. The summed E-state index contributed by atoms with van der Waals surface area (Å²) in [6.07, 6.45) is 1.02. The highest BCUT2D eigenvalue weighted by Gasteiger charge is 2.11. The zero-order chi connectivity index (χ0) is 11.4. The van der Waals surface area contributed by atoms with Gasteiger partial charge in [0, 0.05) is 31.8 Å². The van der Waals surface area contributed by atoms with Gasteiger partial charge < -0.3 is 15.4 Å². The Labute approximate surface area is 96.4 Å². The lowest BCUT2D eigenvalue weighted by atomic mass is 10.1. The second-order valence-corrected chi connectivity index (χ2v) is 3.97.